The van der Waals surface area contributed by atoms with Crippen molar-refractivity contribution < 1.29 is 28.6 Å². The summed E-state index contributed by atoms with van der Waals surface area (Å²) in [5, 5.41) is 0. The fourth-order valence-corrected chi connectivity index (χ4v) is 7.46. The van der Waals surface area contributed by atoms with E-state index in [1.165, 1.54) is 161 Å². The van der Waals surface area contributed by atoms with Gasteiger partial charge in [-0.25, -0.2) is 0 Å². The van der Waals surface area contributed by atoms with E-state index >= 15 is 0 Å². The fraction of sp³-hybridized carbons (Fsp3) is 0.940. The molecular formula is C50H96O6. The highest BCUT2D eigenvalue weighted by molar-refractivity contribution is 5.71. The van der Waals surface area contributed by atoms with Crippen molar-refractivity contribution in [3.8, 4) is 0 Å². The predicted molar refractivity (Wildman–Crippen MR) is 238 cm³/mol. The minimum absolute atomic E-state index is 0.0642. The summed E-state index contributed by atoms with van der Waals surface area (Å²) in [6.07, 6.45) is 42.3. The SMILES string of the molecule is CCCCCCCCCCCCCC(=O)O[C@@H](COC(=O)CCCCCCCCCCCCCC(C)C)COC(=O)CCCCCCCCCCCCC(C)C. The number of hydrogen-bond acceptors (Lipinski definition) is 6. The van der Waals surface area contributed by atoms with E-state index in [1.807, 2.05) is 0 Å². The van der Waals surface area contributed by atoms with Crippen LogP contribution in [0.3, 0.4) is 0 Å². The summed E-state index contributed by atoms with van der Waals surface area (Å²) in [5.41, 5.74) is 0. The van der Waals surface area contributed by atoms with Crippen molar-refractivity contribution in [1.82, 2.24) is 0 Å². The lowest BCUT2D eigenvalue weighted by Crippen LogP contribution is -2.30. The monoisotopic (exact) mass is 793 g/mol. The molecule has 1 atom stereocenters. The van der Waals surface area contributed by atoms with Crippen molar-refractivity contribution in [2.24, 2.45) is 11.8 Å². The topological polar surface area (TPSA) is 78.9 Å². The first-order valence-corrected chi connectivity index (χ1v) is 24.7. The van der Waals surface area contributed by atoms with Gasteiger partial charge in [-0.05, 0) is 31.1 Å². The second-order valence-electron chi connectivity index (χ2n) is 18.1. The van der Waals surface area contributed by atoms with Crippen LogP contribution in [0, 0.1) is 11.8 Å². The molecule has 0 aromatic rings. The Bertz CT molecular complexity index is 854. The molecule has 6 nitrogen and oxygen atoms in total. The van der Waals surface area contributed by atoms with Gasteiger partial charge in [-0.2, -0.15) is 0 Å². The number of esters is 3. The van der Waals surface area contributed by atoms with E-state index in [-0.39, 0.29) is 31.1 Å². The molecule has 0 aromatic heterocycles. The van der Waals surface area contributed by atoms with Gasteiger partial charge in [-0.3, -0.25) is 14.4 Å². The van der Waals surface area contributed by atoms with Crippen molar-refractivity contribution in [1.29, 1.82) is 0 Å². The minimum Gasteiger partial charge on any atom is -0.462 e. The summed E-state index contributed by atoms with van der Waals surface area (Å²) < 4.78 is 16.8. The summed E-state index contributed by atoms with van der Waals surface area (Å²) in [4.78, 5) is 37.8. The molecule has 0 aliphatic carbocycles. The summed E-state index contributed by atoms with van der Waals surface area (Å²) >= 11 is 0. The van der Waals surface area contributed by atoms with Gasteiger partial charge in [0.15, 0.2) is 6.10 Å². The van der Waals surface area contributed by atoms with Crippen molar-refractivity contribution >= 4 is 17.9 Å². The smallest absolute Gasteiger partial charge is 0.306 e. The Morgan fingerprint density at radius 1 is 0.339 bits per heavy atom. The molecule has 6 heteroatoms. The summed E-state index contributed by atoms with van der Waals surface area (Å²) in [6, 6.07) is 0. The zero-order valence-electron chi connectivity index (χ0n) is 38.3. The quantitative estimate of drug-likeness (QED) is 0.0347. The van der Waals surface area contributed by atoms with E-state index in [2.05, 4.69) is 34.6 Å². The third-order valence-corrected chi connectivity index (χ3v) is 11.2. The first kappa shape index (κ1) is 54.4. The first-order chi connectivity index (χ1) is 27.2. The Labute approximate surface area is 348 Å². The maximum atomic E-state index is 12.7. The van der Waals surface area contributed by atoms with E-state index < -0.39 is 6.10 Å². The standard InChI is InChI=1S/C50H96O6/c1-6-7-8-9-10-11-13-22-27-32-37-42-50(53)56-47(44-55-49(52)41-36-31-26-21-17-16-19-24-29-34-39-46(4)5)43-54-48(51)40-35-30-25-20-15-12-14-18-23-28-33-38-45(2)3/h45-47H,6-44H2,1-5H3/t47-/m0/s1. The van der Waals surface area contributed by atoms with E-state index in [0.717, 1.165) is 69.6 Å². The van der Waals surface area contributed by atoms with Gasteiger partial charge >= 0.3 is 17.9 Å². The Morgan fingerprint density at radius 2 is 0.589 bits per heavy atom. The van der Waals surface area contributed by atoms with Crippen LogP contribution in [0.2, 0.25) is 0 Å². The van der Waals surface area contributed by atoms with Crippen LogP contribution >= 0.6 is 0 Å². The molecule has 0 heterocycles. The molecule has 0 aliphatic heterocycles. The molecule has 0 bridgehead atoms. The summed E-state index contributed by atoms with van der Waals surface area (Å²) in [6.45, 7) is 11.3. The molecule has 56 heavy (non-hydrogen) atoms. The third-order valence-electron chi connectivity index (χ3n) is 11.2. The largest absolute Gasteiger partial charge is 0.462 e. The van der Waals surface area contributed by atoms with Crippen LogP contribution in [0.25, 0.3) is 0 Å². The Morgan fingerprint density at radius 3 is 0.875 bits per heavy atom. The molecule has 0 radical (unpaired) electrons. The lowest BCUT2D eigenvalue weighted by molar-refractivity contribution is -0.167. The average Bonchev–Trinajstić information content (AvgIpc) is 3.16. The molecule has 0 aliphatic rings. The molecule has 332 valence electrons. The highest BCUT2D eigenvalue weighted by Gasteiger charge is 2.19. The van der Waals surface area contributed by atoms with Gasteiger partial charge in [-0.1, -0.05) is 234 Å². The number of rotatable bonds is 44. The molecule has 0 unspecified atom stereocenters. The number of unbranched alkanes of at least 4 members (excludes halogenated alkanes) is 29. The number of ether oxygens (including phenoxy) is 3. The number of carbonyl (C=O) groups is 3. The Hall–Kier alpha value is -1.59. The lowest BCUT2D eigenvalue weighted by Gasteiger charge is -2.18. The van der Waals surface area contributed by atoms with Crippen LogP contribution in [0.15, 0.2) is 0 Å². The van der Waals surface area contributed by atoms with Crippen LogP contribution in [0.4, 0.5) is 0 Å². The Kier molecular flexibility index (Phi) is 41.8. The fourth-order valence-electron chi connectivity index (χ4n) is 7.46. The molecule has 0 saturated heterocycles. The Balaban J connectivity index is 4.31. The third kappa shape index (κ3) is 43.5. The average molecular weight is 793 g/mol. The van der Waals surface area contributed by atoms with Crippen LogP contribution in [0.5, 0.6) is 0 Å². The van der Waals surface area contributed by atoms with Gasteiger partial charge in [0, 0.05) is 19.3 Å². The van der Waals surface area contributed by atoms with Crippen molar-refractivity contribution in [3.63, 3.8) is 0 Å². The van der Waals surface area contributed by atoms with Gasteiger partial charge < -0.3 is 14.2 Å². The summed E-state index contributed by atoms with van der Waals surface area (Å²) in [7, 11) is 0. The van der Waals surface area contributed by atoms with Crippen molar-refractivity contribution in [3.05, 3.63) is 0 Å². The highest BCUT2D eigenvalue weighted by atomic mass is 16.6. The molecule has 0 aromatic carbocycles. The molecule has 0 amide bonds. The maximum Gasteiger partial charge on any atom is 0.306 e. The minimum atomic E-state index is -0.760. The molecule has 0 saturated carbocycles. The number of carbonyl (C=O) groups excluding carboxylic acids is 3. The molecule has 0 rings (SSSR count). The zero-order chi connectivity index (χ0) is 41.2. The molecule has 0 fully saturated rings. The molecule has 0 N–H and O–H groups in total. The summed E-state index contributed by atoms with van der Waals surface area (Å²) in [5.74, 6) is 0.793. The van der Waals surface area contributed by atoms with Gasteiger partial charge in [0.1, 0.15) is 13.2 Å². The molecular weight excluding hydrogens is 697 g/mol. The zero-order valence-corrected chi connectivity index (χ0v) is 38.3. The normalized spacial score (nSPS) is 12.1. The van der Waals surface area contributed by atoms with Crippen LogP contribution in [-0.4, -0.2) is 37.2 Å². The second-order valence-corrected chi connectivity index (χ2v) is 18.1. The van der Waals surface area contributed by atoms with E-state index in [0.29, 0.717) is 19.3 Å². The van der Waals surface area contributed by atoms with Crippen molar-refractivity contribution in [2.75, 3.05) is 13.2 Å². The highest BCUT2D eigenvalue weighted by Crippen LogP contribution is 2.17. The van der Waals surface area contributed by atoms with E-state index in [1.54, 1.807) is 0 Å². The van der Waals surface area contributed by atoms with Crippen LogP contribution < -0.4 is 0 Å². The second kappa shape index (κ2) is 43.0. The van der Waals surface area contributed by atoms with E-state index in [9.17, 15) is 14.4 Å². The maximum absolute atomic E-state index is 12.7. The van der Waals surface area contributed by atoms with Crippen molar-refractivity contribution in [2.45, 2.75) is 278 Å². The van der Waals surface area contributed by atoms with Crippen LogP contribution in [0.1, 0.15) is 272 Å². The van der Waals surface area contributed by atoms with Crippen LogP contribution in [-0.2, 0) is 28.6 Å². The predicted octanol–water partition coefficient (Wildman–Crippen LogP) is 15.8. The molecule has 0 spiro atoms. The first-order valence-electron chi connectivity index (χ1n) is 24.7. The number of hydrogen-bond donors (Lipinski definition) is 0. The van der Waals surface area contributed by atoms with Gasteiger partial charge in [-0.15, -0.1) is 0 Å². The van der Waals surface area contributed by atoms with E-state index in [4.69, 9.17) is 14.2 Å². The van der Waals surface area contributed by atoms with Gasteiger partial charge in [0.25, 0.3) is 0 Å². The van der Waals surface area contributed by atoms with Gasteiger partial charge in [0.05, 0.1) is 0 Å². The van der Waals surface area contributed by atoms with Gasteiger partial charge in [0.2, 0.25) is 0 Å². The lowest BCUT2D eigenvalue weighted by atomic mass is 10.0.